The molecule has 1 saturated carbocycles. The number of carboxylic acids is 1. The summed E-state index contributed by atoms with van der Waals surface area (Å²) in [4.78, 5) is 21.6. The Kier molecular flexibility index (Phi) is 3.94. The maximum Gasteiger partial charge on any atom is 0.421 e. The maximum atomic E-state index is 11.3. The number of aliphatic carboxylic acids is 1. The Balaban J connectivity index is 2.45. The van der Waals surface area contributed by atoms with Gasteiger partial charge in [-0.05, 0) is 19.8 Å². The van der Waals surface area contributed by atoms with E-state index in [1.807, 2.05) is 4.72 Å². The molecule has 0 radical (unpaired) electrons. The normalized spacial score (nSPS) is 17.2. The molecule has 1 amide bonds. The third kappa shape index (κ3) is 3.86. The molecule has 0 atom stereocenters. The number of ether oxygens (including phenoxy) is 1. The lowest BCUT2D eigenvalue weighted by atomic mass is 10.1. The maximum absolute atomic E-state index is 11.3. The van der Waals surface area contributed by atoms with Gasteiger partial charge in [0.1, 0.15) is 0 Å². The zero-order valence-corrected chi connectivity index (χ0v) is 10.0. The molecule has 0 aromatic carbocycles. The molecule has 0 aromatic heterocycles. The highest BCUT2D eigenvalue weighted by Gasteiger charge is 2.50. The van der Waals surface area contributed by atoms with E-state index in [-0.39, 0.29) is 13.2 Å². The molecule has 0 spiro atoms. The van der Waals surface area contributed by atoms with Crippen LogP contribution in [0, 0.1) is 5.41 Å². The number of rotatable bonds is 6. The number of hydrogen-bond donors (Lipinski definition) is 3. The summed E-state index contributed by atoms with van der Waals surface area (Å²) in [6.45, 7) is 1.33. The molecule has 3 N–H and O–H groups in total. The Hall–Kier alpha value is -1.35. The number of amides is 1. The van der Waals surface area contributed by atoms with E-state index in [2.05, 4.69) is 4.74 Å². The first-order valence-corrected chi connectivity index (χ1v) is 6.47. The summed E-state index contributed by atoms with van der Waals surface area (Å²) in [5, 5.41) is 8.82. The van der Waals surface area contributed by atoms with Gasteiger partial charge in [-0.2, -0.15) is 13.1 Å². The van der Waals surface area contributed by atoms with Gasteiger partial charge in [0.05, 0.1) is 12.0 Å². The van der Waals surface area contributed by atoms with Crippen LogP contribution in [0.25, 0.3) is 0 Å². The number of carbonyl (C=O) groups is 2. The minimum atomic E-state index is -4.07. The fraction of sp³-hybridized carbons (Fsp3) is 0.750. The van der Waals surface area contributed by atoms with E-state index < -0.39 is 27.7 Å². The fourth-order valence-electron chi connectivity index (χ4n) is 1.16. The van der Waals surface area contributed by atoms with Crippen molar-refractivity contribution in [2.45, 2.75) is 19.8 Å². The van der Waals surface area contributed by atoms with Crippen LogP contribution in [-0.2, 0) is 19.7 Å². The van der Waals surface area contributed by atoms with Gasteiger partial charge < -0.3 is 9.84 Å². The zero-order chi connectivity index (χ0) is 13.1. The van der Waals surface area contributed by atoms with Gasteiger partial charge in [-0.15, -0.1) is 0 Å². The second kappa shape index (κ2) is 4.88. The van der Waals surface area contributed by atoms with Crippen LogP contribution in [0.4, 0.5) is 4.79 Å². The van der Waals surface area contributed by atoms with Crippen molar-refractivity contribution >= 4 is 22.3 Å². The monoisotopic (exact) mass is 266 g/mol. The molecule has 17 heavy (non-hydrogen) atoms. The van der Waals surface area contributed by atoms with E-state index in [9.17, 15) is 18.0 Å². The minimum Gasteiger partial charge on any atom is -0.481 e. The van der Waals surface area contributed by atoms with E-state index in [1.165, 1.54) is 6.92 Å². The molecule has 1 aliphatic rings. The van der Waals surface area contributed by atoms with Crippen LogP contribution in [0.2, 0.25) is 0 Å². The van der Waals surface area contributed by atoms with Crippen LogP contribution in [0.1, 0.15) is 19.8 Å². The lowest BCUT2D eigenvalue weighted by Crippen LogP contribution is -2.43. The van der Waals surface area contributed by atoms with Crippen LogP contribution in [0.15, 0.2) is 0 Å². The summed E-state index contributed by atoms with van der Waals surface area (Å²) in [6.07, 6.45) is -0.255. The standard InChI is InChI=1S/C8H14N2O6S/c1-2-16-7(13)10-17(14,15)9-5-8(3-4-8)6(11)12/h9H,2-5H2,1H3,(H,10,13)(H,11,12). The van der Waals surface area contributed by atoms with Crippen molar-refractivity contribution in [1.82, 2.24) is 9.44 Å². The first-order chi connectivity index (χ1) is 7.81. The second-order valence-corrected chi connectivity index (χ2v) is 5.23. The Morgan fingerprint density at radius 1 is 1.41 bits per heavy atom. The molecule has 1 fully saturated rings. The third-order valence-corrected chi connectivity index (χ3v) is 3.36. The fourth-order valence-corrected chi connectivity index (χ4v) is 1.97. The predicted molar refractivity (Wildman–Crippen MR) is 56.4 cm³/mol. The Bertz CT molecular complexity index is 414. The SMILES string of the molecule is CCOC(=O)NS(=O)(=O)NCC1(C(=O)O)CC1. The van der Waals surface area contributed by atoms with Crippen molar-refractivity contribution in [3.05, 3.63) is 0 Å². The predicted octanol–water partition coefficient (Wildman–Crippen LogP) is -0.568. The van der Waals surface area contributed by atoms with Crippen LogP contribution in [-0.4, -0.2) is 38.7 Å². The second-order valence-electron chi connectivity index (χ2n) is 3.73. The Morgan fingerprint density at radius 2 is 2.00 bits per heavy atom. The first kappa shape index (κ1) is 13.7. The van der Waals surface area contributed by atoms with Gasteiger partial charge in [0.15, 0.2) is 0 Å². The van der Waals surface area contributed by atoms with Crippen molar-refractivity contribution < 1.29 is 27.9 Å². The van der Waals surface area contributed by atoms with Gasteiger partial charge in [-0.25, -0.2) is 9.52 Å². The van der Waals surface area contributed by atoms with E-state index in [4.69, 9.17) is 5.11 Å². The van der Waals surface area contributed by atoms with Crippen LogP contribution in [0.3, 0.4) is 0 Å². The van der Waals surface area contributed by atoms with Crippen LogP contribution in [0.5, 0.6) is 0 Å². The molecular formula is C8H14N2O6S. The number of nitrogens with one attached hydrogen (secondary N) is 2. The lowest BCUT2D eigenvalue weighted by molar-refractivity contribution is -0.143. The number of carboxylic acid groups (broad SMARTS) is 1. The van der Waals surface area contributed by atoms with Gasteiger partial charge in [-0.1, -0.05) is 0 Å². The largest absolute Gasteiger partial charge is 0.481 e. The molecule has 9 heteroatoms. The summed E-state index contributed by atoms with van der Waals surface area (Å²) in [5.41, 5.74) is -1.02. The highest BCUT2D eigenvalue weighted by molar-refractivity contribution is 7.88. The number of hydrogen-bond acceptors (Lipinski definition) is 5. The highest BCUT2D eigenvalue weighted by atomic mass is 32.2. The highest BCUT2D eigenvalue weighted by Crippen LogP contribution is 2.45. The molecule has 0 unspecified atom stereocenters. The molecule has 0 bridgehead atoms. The summed E-state index contributed by atoms with van der Waals surface area (Å²) < 4.78 is 30.6. The minimum absolute atomic E-state index is 0.0421. The lowest BCUT2D eigenvalue weighted by Gasteiger charge is -2.11. The van der Waals surface area contributed by atoms with Crippen molar-refractivity contribution in [2.24, 2.45) is 5.41 Å². The third-order valence-electron chi connectivity index (χ3n) is 2.40. The van der Waals surface area contributed by atoms with Gasteiger partial charge in [0.2, 0.25) is 0 Å². The smallest absolute Gasteiger partial charge is 0.421 e. The average Bonchev–Trinajstić information content (AvgIpc) is 2.95. The molecular weight excluding hydrogens is 252 g/mol. The number of carbonyl (C=O) groups excluding carboxylic acids is 1. The van der Waals surface area contributed by atoms with Gasteiger partial charge in [0.25, 0.3) is 0 Å². The molecule has 0 aromatic rings. The van der Waals surface area contributed by atoms with Gasteiger partial charge in [-0.3, -0.25) is 4.79 Å². The van der Waals surface area contributed by atoms with E-state index in [1.54, 1.807) is 4.72 Å². The van der Waals surface area contributed by atoms with Gasteiger partial charge in [0, 0.05) is 6.54 Å². The molecule has 0 heterocycles. The van der Waals surface area contributed by atoms with E-state index in [0.29, 0.717) is 12.8 Å². The molecule has 1 aliphatic carbocycles. The van der Waals surface area contributed by atoms with E-state index in [0.717, 1.165) is 0 Å². The van der Waals surface area contributed by atoms with Crippen molar-refractivity contribution in [3.8, 4) is 0 Å². The summed E-state index contributed by atoms with van der Waals surface area (Å²) in [7, 11) is -4.07. The molecule has 8 nitrogen and oxygen atoms in total. The Morgan fingerprint density at radius 3 is 2.41 bits per heavy atom. The molecule has 98 valence electrons. The summed E-state index contributed by atoms with van der Waals surface area (Å²) in [6, 6.07) is 0. The van der Waals surface area contributed by atoms with Crippen molar-refractivity contribution in [3.63, 3.8) is 0 Å². The average molecular weight is 266 g/mol. The Labute approximate surface area is 98.5 Å². The topological polar surface area (TPSA) is 122 Å². The van der Waals surface area contributed by atoms with Crippen LogP contribution < -0.4 is 9.44 Å². The molecule has 0 saturated heterocycles. The summed E-state index contributed by atoms with van der Waals surface area (Å²) in [5.74, 6) is -1.05. The molecule has 0 aliphatic heterocycles. The first-order valence-electron chi connectivity index (χ1n) is 4.99. The molecule has 1 rings (SSSR count). The van der Waals surface area contributed by atoms with E-state index >= 15 is 0 Å². The van der Waals surface area contributed by atoms with Gasteiger partial charge >= 0.3 is 22.3 Å². The van der Waals surface area contributed by atoms with Crippen molar-refractivity contribution in [2.75, 3.05) is 13.2 Å². The quantitative estimate of drug-likeness (QED) is 0.592. The summed E-state index contributed by atoms with van der Waals surface area (Å²) >= 11 is 0. The zero-order valence-electron chi connectivity index (χ0n) is 9.23. The van der Waals surface area contributed by atoms with Crippen molar-refractivity contribution in [1.29, 1.82) is 0 Å². The van der Waals surface area contributed by atoms with Crippen LogP contribution >= 0.6 is 0 Å².